The summed E-state index contributed by atoms with van der Waals surface area (Å²) < 4.78 is 12.1. The molecule has 0 spiro atoms. The van der Waals surface area contributed by atoms with Gasteiger partial charge in [0.25, 0.3) is 0 Å². The van der Waals surface area contributed by atoms with Gasteiger partial charge in [0.15, 0.2) is 5.75 Å². The summed E-state index contributed by atoms with van der Waals surface area (Å²) in [6.07, 6.45) is 0. The molecular weight excluding hydrogens is 340 g/mol. The maximum absolute atomic E-state index is 9.28. The van der Waals surface area contributed by atoms with E-state index in [2.05, 4.69) is 11.0 Å². The zero-order valence-corrected chi connectivity index (χ0v) is 14.8. The lowest BCUT2D eigenvalue weighted by atomic mass is 10.1. The van der Waals surface area contributed by atoms with E-state index >= 15 is 0 Å². The third-order valence-electron chi connectivity index (χ3n) is 4.28. The predicted molar refractivity (Wildman–Crippen MR) is 105 cm³/mol. The number of benzene rings is 4. The second kappa shape index (κ2) is 7.40. The van der Waals surface area contributed by atoms with Crippen LogP contribution in [0.25, 0.3) is 10.8 Å². The topological polar surface area (TPSA) is 47.9 Å². The summed E-state index contributed by atoms with van der Waals surface area (Å²) in [4.78, 5) is 4.52. The minimum absolute atomic E-state index is 0.181. The molecule has 0 atom stereocenters. The van der Waals surface area contributed by atoms with E-state index in [1.54, 1.807) is 12.1 Å². The molecule has 0 aliphatic rings. The molecule has 4 heteroatoms. The number of aryl methyl sites for hydroxylation is 1. The second-order valence-electron chi connectivity index (χ2n) is 6.16. The molecule has 0 fully saturated rings. The highest BCUT2D eigenvalue weighted by molar-refractivity contribution is 5.83. The molecule has 0 saturated heterocycles. The largest absolute Gasteiger partial charge is 0.453 e. The molecule has 27 heavy (non-hydrogen) atoms. The summed E-state index contributed by atoms with van der Waals surface area (Å²) in [6, 6.07) is 26.7. The number of hydrogen-bond acceptors (Lipinski definition) is 4. The molecule has 0 amide bonds. The summed E-state index contributed by atoms with van der Waals surface area (Å²) >= 11 is 0. The van der Waals surface area contributed by atoms with Gasteiger partial charge in [-0.15, -0.1) is 0 Å². The highest BCUT2D eigenvalue weighted by Gasteiger charge is 2.18. The van der Waals surface area contributed by atoms with Gasteiger partial charge in [0.05, 0.1) is 0 Å². The molecule has 4 nitrogen and oxygen atoms in total. The lowest BCUT2D eigenvalue weighted by Gasteiger charge is -2.16. The number of ether oxygens (including phenoxy) is 2. The van der Waals surface area contributed by atoms with Crippen LogP contribution in [0.2, 0.25) is 0 Å². The van der Waals surface area contributed by atoms with Gasteiger partial charge in [-0.3, -0.25) is 0 Å². The van der Waals surface area contributed by atoms with Crippen molar-refractivity contribution in [1.29, 1.82) is 0 Å². The molecule has 0 aliphatic heterocycles. The maximum atomic E-state index is 9.28. The standard InChI is InChI=1S/C23H18O4/c1-16-11-14-21(27-24)23(25-19-9-3-2-4-10-19)22(16)26-20-13-12-17-7-5-6-8-18(17)15-20/h2-15,24H,1H3. The minimum atomic E-state index is 0.181. The molecule has 4 aromatic carbocycles. The molecule has 0 unspecified atom stereocenters. The van der Waals surface area contributed by atoms with E-state index in [4.69, 9.17) is 9.47 Å². The molecule has 0 radical (unpaired) electrons. The monoisotopic (exact) mass is 358 g/mol. The van der Waals surface area contributed by atoms with Crippen molar-refractivity contribution in [3.63, 3.8) is 0 Å². The Hall–Kier alpha value is -3.50. The first-order valence-corrected chi connectivity index (χ1v) is 8.59. The van der Waals surface area contributed by atoms with Crippen molar-refractivity contribution in [1.82, 2.24) is 0 Å². The van der Waals surface area contributed by atoms with Crippen LogP contribution in [0.1, 0.15) is 5.56 Å². The quantitative estimate of drug-likeness (QED) is 0.323. The number of rotatable bonds is 5. The van der Waals surface area contributed by atoms with Crippen LogP contribution in [-0.4, -0.2) is 5.26 Å². The van der Waals surface area contributed by atoms with E-state index in [1.807, 2.05) is 73.7 Å². The normalized spacial score (nSPS) is 10.6. The molecule has 4 rings (SSSR count). The van der Waals surface area contributed by atoms with E-state index in [0.29, 0.717) is 23.0 Å². The number of para-hydroxylation sites is 1. The van der Waals surface area contributed by atoms with Gasteiger partial charge in [-0.05, 0) is 53.6 Å². The van der Waals surface area contributed by atoms with E-state index in [-0.39, 0.29) is 5.75 Å². The van der Waals surface area contributed by atoms with Crippen LogP contribution in [0, 0.1) is 6.92 Å². The third-order valence-corrected chi connectivity index (χ3v) is 4.28. The molecule has 1 N–H and O–H groups in total. The summed E-state index contributed by atoms with van der Waals surface area (Å²) in [7, 11) is 0. The molecule has 0 aliphatic carbocycles. The molecule has 0 saturated carbocycles. The lowest BCUT2D eigenvalue weighted by molar-refractivity contribution is -0.138. The fraction of sp³-hybridized carbons (Fsp3) is 0.0435. The van der Waals surface area contributed by atoms with Crippen molar-refractivity contribution in [3.8, 4) is 28.7 Å². The first-order valence-electron chi connectivity index (χ1n) is 8.59. The van der Waals surface area contributed by atoms with Gasteiger partial charge in [-0.1, -0.05) is 54.6 Å². The van der Waals surface area contributed by atoms with Gasteiger partial charge in [0.1, 0.15) is 11.5 Å². The molecule has 0 heterocycles. The third kappa shape index (κ3) is 3.57. The van der Waals surface area contributed by atoms with Crippen LogP contribution in [-0.2, 0) is 0 Å². The van der Waals surface area contributed by atoms with E-state index in [0.717, 1.165) is 16.3 Å². The average Bonchev–Trinajstić information content (AvgIpc) is 2.71. The van der Waals surface area contributed by atoms with Crippen molar-refractivity contribution >= 4 is 10.8 Å². The lowest BCUT2D eigenvalue weighted by Crippen LogP contribution is -1.97. The van der Waals surface area contributed by atoms with Crippen molar-refractivity contribution in [2.45, 2.75) is 6.92 Å². The molecule has 0 bridgehead atoms. The summed E-state index contributed by atoms with van der Waals surface area (Å²) in [6.45, 7) is 1.91. The fourth-order valence-electron chi connectivity index (χ4n) is 2.89. The van der Waals surface area contributed by atoms with Gasteiger partial charge in [0, 0.05) is 0 Å². The smallest absolute Gasteiger partial charge is 0.216 e. The van der Waals surface area contributed by atoms with Crippen molar-refractivity contribution in [2.24, 2.45) is 0 Å². The van der Waals surface area contributed by atoms with Crippen molar-refractivity contribution < 1.29 is 19.6 Å². The molecular formula is C23H18O4. The van der Waals surface area contributed by atoms with Crippen LogP contribution >= 0.6 is 0 Å². The SMILES string of the molecule is Cc1ccc(OO)c(Oc2ccccc2)c1Oc1ccc2ccccc2c1. The van der Waals surface area contributed by atoms with Gasteiger partial charge in [-0.2, -0.15) is 0 Å². The van der Waals surface area contributed by atoms with Crippen molar-refractivity contribution in [2.75, 3.05) is 0 Å². The Morgan fingerprint density at radius 1 is 0.630 bits per heavy atom. The highest BCUT2D eigenvalue weighted by Crippen LogP contribution is 2.44. The molecule has 134 valence electrons. The van der Waals surface area contributed by atoms with Crippen LogP contribution in [0.4, 0.5) is 0 Å². The summed E-state index contributed by atoms with van der Waals surface area (Å²) in [5.74, 6) is 2.27. The van der Waals surface area contributed by atoms with Gasteiger partial charge >= 0.3 is 0 Å². The predicted octanol–water partition coefficient (Wildman–Crippen LogP) is 6.58. The average molecular weight is 358 g/mol. The Bertz CT molecular complexity index is 1070. The zero-order chi connectivity index (χ0) is 18.6. The van der Waals surface area contributed by atoms with Crippen LogP contribution in [0.15, 0.2) is 84.9 Å². The Kier molecular flexibility index (Phi) is 4.64. The van der Waals surface area contributed by atoms with Gasteiger partial charge < -0.3 is 14.4 Å². The van der Waals surface area contributed by atoms with Crippen LogP contribution in [0.5, 0.6) is 28.7 Å². The summed E-state index contributed by atoms with van der Waals surface area (Å²) in [5.41, 5.74) is 0.856. The Morgan fingerprint density at radius 3 is 2.11 bits per heavy atom. The number of hydrogen-bond donors (Lipinski definition) is 1. The second-order valence-corrected chi connectivity index (χ2v) is 6.16. The maximum Gasteiger partial charge on any atom is 0.216 e. The Morgan fingerprint density at radius 2 is 1.33 bits per heavy atom. The minimum Gasteiger partial charge on any atom is -0.453 e. The van der Waals surface area contributed by atoms with Crippen LogP contribution in [0.3, 0.4) is 0 Å². The van der Waals surface area contributed by atoms with Crippen LogP contribution < -0.4 is 14.4 Å². The summed E-state index contributed by atoms with van der Waals surface area (Å²) in [5, 5.41) is 11.5. The first-order chi connectivity index (χ1) is 13.2. The van der Waals surface area contributed by atoms with E-state index in [9.17, 15) is 5.26 Å². The molecule has 4 aromatic rings. The van der Waals surface area contributed by atoms with Gasteiger partial charge in [-0.25, -0.2) is 5.26 Å². The Balaban J connectivity index is 1.76. The molecule has 0 aromatic heterocycles. The van der Waals surface area contributed by atoms with Gasteiger partial charge in [0.2, 0.25) is 11.5 Å². The zero-order valence-electron chi connectivity index (χ0n) is 14.8. The van der Waals surface area contributed by atoms with E-state index in [1.165, 1.54) is 0 Å². The van der Waals surface area contributed by atoms with E-state index < -0.39 is 0 Å². The first kappa shape index (κ1) is 16.9. The highest BCUT2D eigenvalue weighted by atomic mass is 17.1. The Labute approximate surface area is 157 Å². The fourth-order valence-corrected chi connectivity index (χ4v) is 2.89. The van der Waals surface area contributed by atoms with Crippen molar-refractivity contribution in [3.05, 3.63) is 90.5 Å². The number of fused-ring (bicyclic) bond motifs is 1.